The lowest BCUT2D eigenvalue weighted by molar-refractivity contribution is 0.153. The number of benzene rings is 1. The van der Waals surface area contributed by atoms with Gasteiger partial charge < -0.3 is 10.1 Å². The van der Waals surface area contributed by atoms with Crippen LogP contribution >= 0.6 is 11.6 Å². The van der Waals surface area contributed by atoms with E-state index in [4.69, 9.17) is 16.3 Å². The number of hydrogen-bond donors (Lipinski definition) is 1. The van der Waals surface area contributed by atoms with E-state index >= 15 is 0 Å². The number of rotatable bonds is 2. The van der Waals surface area contributed by atoms with Gasteiger partial charge in [-0.1, -0.05) is 11.6 Å². The topological polar surface area (TPSA) is 21.3 Å². The standard InChI is InChI=1S/C11H12ClF2NO/c12-8-3-4-9(13)11(10(8)14)16-7-2-1-5-15-6-7/h3-4,7,15H,1-2,5-6H2. The molecule has 1 aliphatic rings. The molecule has 1 N–H and O–H groups in total. The van der Waals surface area contributed by atoms with Crippen molar-refractivity contribution in [3.05, 3.63) is 28.8 Å². The van der Waals surface area contributed by atoms with Crippen LogP contribution in [0.3, 0.4) is 0 Å². The lowest BCUT2D eigenvalue weighted by atomic mass is 10.1. The molecule has 0 aliphatic carbocycles. The second kappa shape index (κ2) is 4.97. The maximum absolute atomic E-state index is 13.5. The molecule has 0 aromatic heterocycles. The Morgan fingerprint density at radius 3 is 2.88 bits per heavy atom. The molecule has 1 atom stereocenters. The van der Waals surface area contributed by atoms with Crippen molar-refractivity contribution >= 4 is 11.6 Å². The molecule has 0 amide bonds. The monoisotopic (exact) mass is 247 g/mol. The molecule has 2 rings (SSSR count). The lowest BCUT2D eigenvalue weighted by Gasteiger charge is -2.24. The third-order valence-corrected chi connectivity index (χ3v) is 2.83. The number of hydrogen-bond acceptors (Lipinski definition) is 2. The molecule has 1 saturated heterocycles. The van der Waals surface area contributed by atoms with Crippen LogP contribution in [0, 0.1) is 11.6 Å². The zero-order valence-electron chi connectivity index (χ0n) is 8.60. The van der Waals surface area contributed by atoms with E-state index in [-0.39, 0.29) is 16.9 Å². The van der Waals surface area contributed by atoms with Crippen LogP contribution in [0.5, 0.6) is 5.75 Å². The van der Waals surface area contributed by atoms with Crippen molar-refractivity contribution in [3.63, 3.8) is 0 Å². The largest absolute Gasteiger partial charge is 0.483 e. The first kappa shape index (κ1) is 11.6. The molecule has 1 fully saturated rings. The number of ether oxygens (including phenoxy) is 1. The highest BCUT2D eigenvalue weighted by molar-refractivity contribution is 6.30. The predicted octanol–water partition coefficient (Wildman–Crippen LogP) is 2.75. The van der Waals surface area contributed by atoms with E-state index in [1.165, 1.54) is 6.07 Å². The van der Waals surface area contributed by atoms with Crippen molar-refractivity contribution in [1.82, 2.24) is 5.32 Å². The van der Waals surface area contributed by atoms with Gasteiger partial charge in [0.15, 0.2) is 17.4 Å². The van der Waals surface area contributed by atoms with Crippen molar-refractivity contribution in [2.75, 3.05) is 13.1 Å². The van der Waals surface area contributed by atoms with E-state index in [1.807, 2.05) is 0 Å². The van der Waals surface area contributed by atoms with Gasteiger partial charge in [0.2, 0.25) is 0 Å². The van der Waals surface area contributed by atoms with Gasteiger partial charge in [-0.25, -0.2) is 8.78 Å². The van der Waals surface area contributed by atoms with Gasteiger partial charge >= 0.3 is 0 Å². The fourth-order valence-corrected chi connectivity index (χ4v) is 1.85. The van der Waals surface area contributed by atoms with Gasteiger partial charge in [-0.15, -0.1) is 0 Å². The van der Waals surface area contributed by atoms with Crippen LogP contribution in [-0.4, -0.2) is 19.2 Å². The highest BCUT2D eigenvalue weighted by Crippen LogP contribution is 2.29. The second-order valence-electron chi connectivity index (χ2n) is 3.76. The van der Waals surface area contributed by atoms with Crippen LogP contribution in [0.2, 0.25) is 5.02 Å². The molecule has 1 aromatic carbocycles. The van der Waals surface area contributed by atoms with Gasteiger partial charge in [-0.05, 0) is 31.5 Å². The summed E-state index contributed by atoms with van der Waals surface area (Å²) in [7, 11) is 0. The Morgan fingerprint density at radius 2 is 2.19 bits per heavy atom. The SMILES string of the molecule is Fc1ccc(Cl)c(F)c1OC1CCCNC1. The normalized spacial score (nSPS) is 20.8. The molecule has 0 radical (unpaired) electrons. The summed E-state index contributed by atoms with van der Waals surface area (Å²) < 4.78 is 32.1. The number of nitrogens with one attached hydrogen (secondary N) is 1. The highest BCUT2D eigenvalue weighted by atomic mass is 35.5. The first-order valence-corrected chi connectivity index (χ1v) is 5.57. The summed E-state index contributed by atoms with van der Waals surface area (Å²) in [5.74, 6) is -1.92. The van der Waals surface area contributed by atoms with Crippen LogP contribution in [0.25, 0.3) is 0 Å². The summed E-state index contributed by atoms with van der Waals surface area (Å²) in [6.07, 6.45) is 1.53. The first-order valence-electron chi connectivity index (χ1n) is 5.19. The molecule has 5 heteroatoms. The molecule has 1 unspecified atom stereocenters. The minimum absolute atomic E-state index is 0.125. The number of halogens is 3. The Kier molecular flexibility index (Phi) is 3.61. The van der Waals surface area contributed by atoms with E-state index in [1.54, 1.807) is 0 Å². The van der Waals surface area contributed by atoms with Gasteiger partial charge in [0.05, 0.1) is 5.02 Å². The van der Waals surface area contributed by atoms with Crippen molar-refractivity contribution in [2.24, 2.45) is 0 Å². The molecular formula is C11H12ClF2NO. The van der Waals surface area contributed by atoms with E-state index < -0.39 is 11.6 Å². The van der Waals surface area contributed by atoms with Gasteiger partial charge in [0.1, 0.15) is 6.10 Å². The first-order chi connectivity index (χ1) is 7.68. The fourth-order valence-electron chi connectivity index (χ4n) is 1.70. The number of piperidine rings is 1. The lowest BCUT2D eigenvalue weighted by Crippen LogP contribution is -2.37. The Morgan fingerprint density at radius 1 is 1.38 bits per heavy atom. The molecular weight excluding hydrogens is 236 g/mol. The Bertz CT molecular complexity index is 380. The summed E-state index contributed by atoms with van der Waals surface area (Å²) in [5.41, 5.74) is 0. The maximum atomic E-state index is 13.5. The van der Waals surface area contributed by atoms with Crippen LogP contribution < -0.4 is 10.1 Å². The van der Waals surface area contributed by atoms with Crippen molar-refractivity contribution in [3.8, 4) is 5.75 Å². The Labute approximate surface area is 97.5 Å². The zero-order chi connectivity index (χ0) is 11.5. The molecule has 2 nitrogen and oxygen atoms in total. The average Bonchev–Trinajstić information content (AvgIpc) is 2.31. The summed E-state index contributed by atoms with van der Waals surface area (Å²) >= 11 is 5.57. The third kappa shape index (κ3) is 2.44. The molecule has 16 heavy (non-hydrogen) atoms. The van der Waals surface area contributed by atoms with Crippen LogP contribution in [0.15, 0.2) is 12.1 Å². The van der Waals surface area contributed by atoms with Crippen LogP contribution in [-0.2, 0) is 0 Å². The van der Waals surface area contributed by atoms with Crippen molar-refractivity contribution in [1.29, 1.82) is 0 Å². The summed E-state index contributed by atoms with van der Waals surface area (Å²) in [6.45, 7) is 1.52. The Hall–Kier alpha value is -0.870. The van der Waals surface area contributed by atoms with Gasteiger partial charge in [0, 0.05) is 6.54 Å². The van der Waals surface area contributed by atoms with Crippen LogP contribution in [0.4, 0.5) is 8.78 Å². The predicted molar refractivity (Wildman–Crippen MR) is 57.9 cm³/mol. The maximum Gasteiger partial charge on any atom is 0.192 e. The molecule has 0 spiro atoms. The third-order valence-electron chi connectivity index (χ3n) is 2.54. The molecule has 1 aliphatic heterocycles. The quantitative estimate of drug-likeness (QED) is 0.812. The molecule has 0 bridgehead atoms. The van der Waals surface area contributed by atoms with Gasteiger partial charge in [0.25, 0.3) is 0 Å². The summed E-state index contributed by atoms with van der Waals surface area (Å²) in [6, 6.07) is 2.29. The van der Waals surface area contributed by atoms with E-state index in [9.17, 15) is 8.78 Å². The smallest absolute Gasteiger partial charge is 0.192 e. The average molecular weight is 248 g/mol. The minimum Gasteiger partial charge on any atom is -0.483 e. The minimum atomic E-state index is -0.827. The molecule has 1 heterocycles. The summed E-state index contributed by atoms with van der Waals surface area (Å²) in [5, 5.41) is 2.98. The summed E-state index contributed by atoms with van der Waals surface area (Å²) in [4.78, 5) is 0. The molecule has 88 valence electrons. The van der Waals surface area contributed by atoms with E-state index in [2.05, 4.69) is 5.32 Å². The fraction of sp³-hybridized carbons (Fsp3) is 0.455. The molecule has 1 aromatic rings. The van der Waals surface area contributed by atoms with Crippen LogP contribution in [0.1, 0.15) is 12.8 Å². The van der Waals surface area contributed by atoms with Gasteiger partial charge in [-0.2, -0.15) is 0 Å². The molecule has 0 saturated carbocycles. The Balaban J connectivity index is 2.16. The zero-order valence-corrected chi connectivity index (χ0v) is 9.36. The van der Waals surface area contributed by atoms with Crippen molar-refractivity contribution in [2.45, 2.75) is 18.9 Å². The van der Waals surface area contributed by atoms with Crippen molar-refractivity contribution < 1.29 is 13.5 Å². The second-order valence-corrected chi connectivity index (χ2v) is 4.17. The van der Waals surface area contributed by atoms with E-state index in [0.29, 0.717) is 6.54 Å². The van der Waals surface area contributed by atoms with Gasteiger partial charge in [-0.3, -0.25) is 0 Å². The van der Waals surface area contributed by atoms with E-state index in [0.717, 1.165) is 25.5 Å². The highest BCUT2D eigenvalue weighted by Gasteiger charge is 2.20.